The highest BCUT2D eigenvalue weighted by atomic mass is 79.9. The van der Waals surface area contributed by atoms with Gasteiger partial charge in [0.1, 0.15) is 5.54 Å². The van der Waals surface area contributed by atoms with Crippen LogP contribution in [0.25, 0.3) is 0 Å². The highest BCUT2D eigenvalue weighted by Crippen LogP contribution is 2.32. The lowest BCUT2D eigenvalue weighted by Crippen LogP contribution is -2.59. The standard InChI is InChI=1S/C23H30BrNO4/c1-5-8-17-12-16(3)19(20(24)13-17)14-21(26)25-23(22(27)28-4)10-7-9-18(15-23)29-11-6-2/h12-13,18H,6-7,9-11,14-15H2,1-4H3,(H,25,26). The molecular formula is C23H30BrNO4. The van der Waals surface area contributed by atoms with E-state index in [1.54, 1.807) is 6.92 Å². The first kappa shape index (κ1) is 23.4. The fourth-order valence-electron chi connectivity index (χ4n) is 3.88. The quantitative estimate of drug-likeness (QED) is 0.488. The van der Waals surface area contributed by atoms with Crippen molar-refractivity contribution in [2.24, 2.45) is 0 Å². The molecule has 1 N–H and O–H groups in total. The summed E-state index contributed by atoms with van der Waals surface area (Å²) in [7, 11) is 1.36. The van der Waals surface area contributed by atoms with Crippen LogP contribution in [-0.2, 0) is 25.5 Å². The van der Waals surface area contributed by atoms with Crippen LogP contribution >= 0.6 is 15.9 Å². The summed E-state index contributed by atoms with van der Waals surface area (Å²) in [6, 6.07) is 3.88. The predicted molar refractivity (Wildman–Crippen MR) is 117 cm³/mol. The predicted octanol–water partition coefficient (Wildman–Crippen LogP) is 4.07. The molecule has 158 valence electrons. The summed E-state index contributed by atoms with van der Waals surface area (Å²) >= 11 is 3.56. The van der Waals surface area contributed by atoms with Crippen LogP contribution in [-0.4, -0.2) is 37.2 Å². The zero-order valence-electron chi connectivity index (χ0n) is 17.7. The Balaban J connectivity index is 2.18. The second kappa shape index (κ2) is 10.8. The first-order valence-corrected chi connectivity index (χ1v) is 10.9. The van der Waals surface area contributed by atoms with Crippen LogP contribution in [0.5, 0.6) is 0 Å². The molecule has 0 heterocycles. The number of hydrogen-bond acceptors (Lipinski definition) is 4. The van der Waals surface area contributed by atoms with Gasteiger partial charge in [0, 0.05) is 23.1 Å². The molecule has 0 aliphatic heterocycles. The third-order valence-corrected chi connectivity index (χ3v) is 5.95. The van der Waals surface area contributed by atoms with E-state index >= 15 is 0 Å². The molecule has 1 amide bonds. The van der Waals surface area contributed by atoms with Crippen molar-refractivity contribution in [2.75, 3.05) is 13.7 Å². The van der Waals surface area contributed by atoms with Gasteiger partial charge in [0.25, 0.3) is 0 Å². The van der Waals surface area contributed by atoms with E-state index in [-0.39, 0.29) is 18.4 Å². The van der Waals surface area contributed by atoms with E-state index in [9.17, 15) is 9.59 Å². The van der Waals surface area contributed by atoms with Gasteiger partial charge in [0.05, 0.1) is 19.6 Å². The molecule has 0 aromatic heterocycles. The largest absolute Gasteiger partial charge is 0.467 e. The van der Waals surface area contributed by atoms with E-state index in [0.717, 1.165) is 40.4 Å². The van der Waals surface area contributed by atoms with Crippen LogP contribution in [0.15, 0.2) is 16.6 Å². The Morgan fingerprint density at radius 1 is 1.38 bits per heavy atom. The number of hydrogen-bond donors (Lipinski definition) is 1. The van der Waals surface area contributed by atoms with E-state index < -0.39 is 11.5 Å². The van der Waals surface area contributed by atoms with Gasteiger partial charge in [-0.25, -0.2) is 4.79 Å². The number of ether oxygens (including phenoxy) is 2. The summed E-state index contributed by atoms with van der Waals surface area (Å²) in [5, 5.41) is 2.99. The van der Waals surface area contributed by atoms with Gasteiger partial charge in [-0.2, -0.15) is 0 Å². The third-order valence-electron chi connectivity index (χ3n) is 5.24. The number of nitrogens with one attached hydrogen (secondary N) is 1. The lowest BCUT2D eigenvalue weighted by molar-refractivity contribution is -0.155. The lowest BCUT2D eigenvalue weighted by atomic mass is 9.79. The maximum absolute atomic E-state index is 12.9. The number of esters is 1. The maximum atomic E-state index is 12.9. The van der Waals surface area contributed by atoms with Crippen LogP contribution in [0.3, 0.4) is 0 Å². The molecule has 5 nitrogen and oxygen atoms in total. The summed E-state index contributed by atoms with van der Waals surface area (Å²) in [6.07, 6.45) is 3.73. The Labute approximate surface area is 182 Å². The zero-order valence-corrected chi connectivity index (χ0v) is 19.3. The zero-order chi connectivity index (χ0) is 21.4. The second-order valence-electron chi connectivity index (χ2n) is 7.52. The fourth-order valence-corrected chi connectivity index (χ4v) is 4.58. The molecule has 2 atom stereocenters. The van der Waals surface area contributed by atoms with E-state index in [4.69, 9.17) is 9.47 Å². The topological polar surface area (TPSA) is 64.6 Å². The number of halogens is 1. The molecular weight excluding hydrogens is 434 g/mol. The fraction of sp³-hybridized carbons (Fsp3) is 0.565. The number of amides is 1. The summed E-state index contributed by atoms with van der Waals surface area (Å²) in [5.41, 5.74) is 1.73. The van der Waals surface area contributed by atoms with Gasteiger partial charge >= 0.3 is 5.97 Å². The number of aryl methyl sites for hydroxylation is 1. The normalized spacial score (nSPS) is 21.1. The van der Waals surface area contributed by atoms with Gasteiger partial charge in [-0.1, -0.05) is 28.8 Å². The van der Waals surface area contributed by atoms with Crippen molar-refractivity contribution in [1.29, 1.82) is 0 Å². The minimum atomic E-state index is -1.03. The van der Waals surface area contributed by atoms with Crippen LogP contribution in [0.4, 0.5) is 0 Å². The molecule has 1 aromatic rings. The minimum absolute atomic E-state index is 0.0523. The van der Waals surface area contributed by atoms with Crippen molar-refractivity contribution < 1.29 is 19.1 Å². The van der Waals surface area contributed by atoms with Gasteiger partial charge in [-0.15, -0.1) is 5.92 Å². The van der Waals surface area contributed by atoms with Crippen molar-refractivity contribution in [3.8, 4) is 11.8 Å². The van der Waals surface area contributed by atoms with Crippen LogP contribution in [0.1, 0.15) is 62.6 Å². The summed E-state index contributed by atoms with van der Waals surface area (Å²) in [6.45, 7) is 6.45. The maximum Gasteiger partial charge on any atom is 0.331 e. The van der Waals surface area contributed by atoms with Gasteiger partial charge in [-0.3, -0.25) is 4.79 Å². The molecule has 29 heavy (non-hydrogen) atoms. The first-order chi connectivity index (χ1) is 13.8. The number of methoxy groups -OCH3 is 1. The second-order valence-corrected chi connectivity index (χ2v) is 8.37. The van der Waals surface area contributed by atoms with Crippen LogP contribution in [0, 0.1) is 18.8 Å². The Hall–Kier alpha value is -1.84. The first-order valence-electron chi connectivity index (χ1n) is 10.1. The van der Waals surface area contributed by atoms with Crippen molar-refractivity contribution in [3.63, 3.8) is 0 Å². The van der Waals surface area contributed by atoms with Crippen molar-refractivity contribution in [1.82, 2.24) is 5.32 Å². The van der Waals surface area contributed by atoms with Gasteiger partial charge in [0.15, 0.2) is 0 Å². The van der Waals surface area contributed by atoms with Gasteiger partial charge in [-0.05, 0) is 62.8 Å². The summed E-state index contributed by atoms with van der Waals surface area (Å²) < 4.78 is 11.8. The molecule has 1 aliphatic rings. The van der Waals surface area contributed by atoms with Crippen LogP contribution in [0.2, 0.25) is 0 Å². The number of rotatable bonds is 7. The van der Waals surface area contributed by atoms with Gasteiger partial charge < -0.3 is 14.8 Å². The molecule has 2 unspecified atom stereocenters. The summed E-state index contributed by atoms with van der Waals surface area (Å²) in [5.74, 6) is 5.31. The number of benzene rings is 1. The average Bonchev–Trinajstić information content (AvgIpc) is 2.69. The molecule has 2 rings (SSSR count). The van der Waals surface area contributed by atoms with Gasteiger partial charge in [0.2, 0.25) is 5.91 Å². The molecule has 1 aromatic carbocycles. The molecule has 1 saturated carbocycles. The van der Waals surface area contributed by atoms with E-state index in [0.29, 0.717) is 19.4 Å². The number of carbonyl (C=O) groups excluding carboxylic acids is 2. The highest BCUT2D eigenvalue weighted by molar-refractivity contribution is 9.10. The Morgan fingerprint density at radius 2 is 2.14 bits per heavy atom. The van der Waals surface area contributed by atoms with Crippen molar-refractivity contribution in [3.05, 3.63) is 33.3 Å². The number of carbonyl (C=O) groups is 2. The van der Waals surface area contributed by atoms with E-state index in [1.807, 2.05) is 19.1 Å². The smallest absolute Gasteiger partial charge is 0.331 e. The molecule has 0 spiro atoms. The van der Waals surface area contributed by atoms with Crippen LogP contribution < -0.4 is 5.32 Å². The lowest BCUT2D eigenvalue weighted by Gasteiger charge is -2.39. The average molecular weight is 464 g/mol. The minimum Gasteiger partial charge on any atom is -0.467 e. The molecule has 0 bridgehead atoms. The Morgan fingerprint density at radius 3 is 2.76 bits per heavy atom. The van der Waals surface area contributed by atoms with E-state index in [1.165, 1.54) is 7.11 Å². The molecule has 1 fully saturated rings. The third kappa shape index (κ3) is 6.07. The highest BCUT2D eigenvalue weighted by Gasteiger charge is 2.45. The Bertz CT molecular complexity index is 788. The van der Waals surface area contributed by atoms with Crippen molar-refractivity contribution >= 4 is 27.8 Å². The molecule has 6 heteroatoms. The molecule has 1 aliphatic carbocycles. The molecule has 0 radical (unpaired) electrons. The Kier molecular flexibility index (Phi) is 8.73. The monoisotopic (exact) mass is 463 g/mol. The molecule has 0 saturated heterocycles. The summed E-state index contributed by atoms with van der Waals surface area (Å²) in [4.78, 5) is 25.6. The van der Waals surface area contributed by atoms with Crippen molar-refractivity contribution in [2.45, 2.75) is 70.9 Å². The SMILES string of the molecule is CC#Cc1cc(C)c(CC(=O)NC2(C(=O)OC)CCCC(OCCC)C2)c(Br)c1. The van der Waals surface area contributed by atoms with E-state index in [2.05, 4.69) is 40.0 Å².